The van der Waals surface area contributed by atoms with Crippen molar-refractivity contribution in [2.75, 3.05) is 18.4 Å². The molecule has 0 saturated carbocycles. The Kier molecular flexibility index (Phi) is 8.37. The normalized spacial score (nSPS) is 13.9. The van der Waals surface area contributed by atoms with Gasteiger partial charge in [0.05, 0.1) is 16.8 Å². The lowest BCUT2D eigenvalue weighted by Crippen LogP contribution is -2.18. The molecule has 40 heavy (non-hydrogen) atoms. The third-order valence-corrected chi connectivity index (χ3v) is 6.86. The molecular weight excluding hydrogens is 543 g/mol. The Morgan fingerprint density at radius 2 is 1.85 bits per heavy atom. The number of carbonyl (C=O) groups excluding carboxylic acids is 1. The Balaban J connectivity index is 1.18. The fourth-order valence-corrected chi connectivity index (χ4v) is 4.78. The first-order chi connectivity index (χ1) is 19.2. The van der Waals surface area contributed by atoms with Gasteiger partial charge in [0, 0.05) is 36.6 Å². The second kappa shape index (κ2) is 12.1. The molecular formula is C29H27ClF3N5O2. The number of imidazole rings is 1. The topological polar surface area (TPSA) is 83.1 Å². The number of halogens is 4. The number of rotatable bonds is 9. The van der Waals surface area contributed by atoms with E-state index in [0.717, 1.165) is 43.0 Å². The molecule has 0 bridgehead atoms. The molecule has 5 rings (SSSR count). The Hall–Kier alpha value is -3.89. The monoisotopic (exact) mass is 569 g/mol. The van der Waals surface area contributed by atoms with Crippen LogP contribution in [0.1, 0.15) is 36.1 Å². The van der Waals surface area contributed by atoms with E-state index in [1.165, 1.54) is 18.9 Å². The molecule has 0 spiro atoms. The van der Waals surface area contributed by atoms with E-state index in [4.69, 9.17) is 16.3 Å². The van der Waals surface area contributed by atoms with E-state index in [0.29, 0.717) is 29.4 Å². The van der Waals surface area contributed by atoms with Crippen molar-refractivity contribution >= 4 is 23.2 Å². The van der Waals surface area contributed by atoms with Crippen LogP contribution in [0.25, 0.3) is 11.5 Å². The van der Waals surface area contributed by atoms with Gasteiger partial charge in [-0.2, -0.15) is 13.2 Å². The number of hydrogen-bond donors (Lipinski definition) is 2. The molecule has 2 N–H and O–H groups in total. The van der Waals surface area contributed by atoms with Crippen LogP contribution in [-0.4, -0.2) is 38.8 Å². The largest absolute Gasteiger partial charge is 0.457 e. The maximum Gasteiger partial charge on any atom is 0.417 e. The zero-order valence-corrected chi connectivity index (χ0v) is 22.2. The summed E-state index contributed by atoms with van der Waals surface area (Å²) in [6, 6.07) is 14.1. The van der Waals surface area contributed by atoms with Gasteiger partial charge < -0.3 is 15.0 Å². The van der Waals surface area contributed by atoms with E-state index in [1.807, 2.05) is 24.4 Å². The molecule has 2 aromatic carbocycles. The number of carbonyl (C=O) groups is 1. The highest BCUT2D eigenvalue weighted by atomic mass is 35.5. The minimum absolute atomic E-state index is 0.0343. The van der Waals surface area contributed by atoms with E-state index in [-0.39, 0.29) is 12.1 Å². The summed E-state index contributed by atoms with van der Waals surface area (Å²) in [7, 11) is 0. The molecule has 0 unspecified atom stereocenters. The number of hydrogen-bond acceptors (Lipinski definition) is 5. The van der Waals surface area contributed by atoms with Crippen molar-refractivity contribution in [2.45, 2.75) is 38.4 Å². The predicted molar refractivity (Wildman–Crippen MR) is 146 cm³/mol. The number of nitrogens with zero attached hydrogens (tertiary/aromatic N) is 3. The number of alkyl halides is 3. The van der Waals surface area contributed by atoms with E-state index in [9.17, 15) is 18.0 Å². The molecule has 0 radical (unpaired) electrons. The Morgan fingerprint density at radius 3 is 2.65 bits per heavy atom. The maximum atomic E-state index is 13.1. The molecule has 1 saturated heterocycles. The first-order valence-electron chi connectivity index (χ1n) is 12.9. The van der Waals surface area contributed by atoms with E-state index in [2.05, 4.69) is 25.2 Å². The Labute approximate surface area is 234 Å². The van der Waals surface area contributed by atoms with Gasteiger partial charge in [0.15, 0.2) is 5.82 Å². The predicted octanol–water partition coefficient (Wildman–Crippen LogP) is 7.10. The minimum Gasteiger partial charge on any atom is -0.457 e. The standard InChI is InChI=1S/C29H27ClF3N5O2/c30-25-8-7-20(15-24(25)29(31,32)33)36-27(39)9-6-19-4-3-5-22(14-19)40-23-10-11-34-26(16-23)28-35-17-21(37-28)18-38-12-1-2-13-38/h3-5,7-8,10-11,14-17H,1-2,6,9,12-13,18H2,(H,35,37)(H,36,39). The Morgan fingerprint density at radius 1 is 1.05 bits per heavy atom. The minimum atomic E-state index is -4.61. The number of H-pyrrole nitrogens is 1. The number of aryl methyl sites for hydroxylation is 1. The average molecular weight is 570 g/mol. The first-order valence-corrected chi connectivity index (χ1v) is 13.3. The number of amides is 1. The van der Waals surface area contributed by atoms with Gasteiger partial charge in [-0.25, -0.2) is 4.98 Å². The molecule has 1 aliphatic heterocycles. The summed E-state index contributed by atoms with van der Waals surface area (Å²) in [6.07, 6.45) is 1.79. The molecule has 1 fully saturated rings. The average Bonchev–Trinajstić information content (AvgIpc) is 3.61. The van der Waals surface area contributed by atoms with Crippen molar-refractivity contribution in [3.63, 3.8) is 0 Å². The molecule has 0 aliphatic carbocycles. The van der Waals surface area contributed by atoms with Gasteiger partial charge in [-0.15, -0.1) is 0 Å². The number of aromatic nitrogens is 3. The van der Waals surface area contributed by atoms with Crippen LogP contribution in [0, 0.1) is 0 Å². The summed E-state index contributed by atoms with van der Waals surface area (Å²) in [5.41, 5.74) is 1.58. The van der Waals surface area contributed by atoms with Gasteiger partial charge >= 0.3 is 6.18 Å². The van der Waals surface area contributed by atoms with Crippen LogP contribution in [0.4, 0.5) is 18.9 Å². The van der Waals surface area contributed by atoms with E-state index in [1.54, 1.807) is 24.4 Å². The van der Waals surface area contributed by atoms with Gasteiger partial charge in [-0.3, -0.25) is 14.7 Å². The fourth-order valence-electron chi connectivity index (χ4n) is 4.56. The summed E-state index contributed by atoms with van der Waals surface area (Å²) in [4.78, 5) is 27.0. The lowest BCUT2D eigenvalue weighted by Gasteiger charge is -2.12. The number of nitrogens with one attached hydrogen (secondary N) is 2. The van der Waals surface area contributed by atoms with Crippen LogP contribution in [-0.2, 0) is 23.9 Å². The number of aromatic amines is 1. The smallest absolute Gasteiger partial charge is 0.417 e. The number of anilines is 1. The number of likely N-dealkylation sites (tertiary alicyclic amines) is 1. The van der Waals surface area contributed by atoms with Crippen molar-refractivity contribution in [3.05, 3.63) is 88.8 Å². The molecule has 1 amide bonds. The van der Waals surface area contributed by atoms with Crippen LogP contribution in [0.15, 0.2) is 67.0 Å². The van der Waals surface area contributed by atoms with Crippen molar-refractivity contribution in [1.82, 2.24) is 19.9 Å². The second-order valence-corrected chi connectivity index (χ2v) is 10.0. The fraction of sp³-hybridized carbons (Fsp3) is 0.276. The van der Waals surface area contributed by atoms with E-state index < -0.39 is 22.7 Å². The molecule has 11 heteroatoms. The van der Waals surface area contributed by atoms with Crippen LogP contribution < -0.4 is 10.1 Å². The van der Waals surface area contributed by atoms with Crippen LogP contribution >= 0.6 is 11.6 Å². The molecule has 7 nitrogen and oxygen atoms in total. The highest BCUT2D eigenvalue weighted by Gasteiger charge is 2.33. The van der Waals surface area contributed by atoms with Gasteiger partial charge in [-0.05, 0) is 74.3 Å². The van der Waals surface area contributed by atoms with Gasteiger partial charge in [0.1, 0.15) is 17.2 Å². The Bertz CT molecular complexity index is 1480. The van der Waals surface area contributed by atoms with Crippen molar-refractivity contribution < 1.29 is 22.7 Å². The number of ether oxygens (including phenoxy) is 1. The molecule has 3 heterocycles. The molecule has 2 aromatic heterocycles. The zero-order chi connectivity index (χ0) is 28.1. The third kappa shape index (κ3) is 7.19. The lowest BCUT2D eigenvalue weighted by molar-refractivity contribution is -0.137. The second-order valence-electron chi connectivity index (χ2n) is 9.61. The number of pyridine rings is 1. The SMILES string of the molecule is O=C(CCc1cccc(Oc2ccnc(-c3ncc(CN4CCCC4)[nH]3)c2)c1)Nc1ccc(Cl)c(C(F)(F)F)c1. The van der Waals surface area contributed by atoms with Gasteiger partial charge in [0.25, 0.3) is 0 Å². The maximum absolute atomic E-state index is 13.1. The van der Waals surface area contributed by atoms with Crippen molar-refractivity contribution in [2.24, 2.45) is 0 Å². The van der Waals surface area contributed by atoms with Crippen molar-refractivity contribution in [1.29, 1.82) is 0 Å². The first kappa shape index (κ1) is 27.7. The van der Waals surface area contributed by atoms with Gasteiger partial charge in [0.2, 0.25) is 5.91 Å². The highest BCUT2D eigenvalue weighted by Crippen LogP contribution is 2.36. The molecule has 208 valence electrons. The molecule has 4 aromatic rings. The van der Waals surface area contributed by atoms with Crippen LogP contribution in [0.3, 0.4) is 0 Å². The van der Waals surface area contributed by atoms with Gasteiger partial charge in [-0.1, -0.05) is 23.7 Å². The summed E-state index contributed by atoms with van der Waals surface area (Å²) in [6.45, 7) is 3.04. The molecule has 0 atom stereocenters. The highest BCUT2D eigenvalue weighted by molar-refractivity contribution is 6.31. The summed E-state index contributed by atoms with van der Waals surface area (Å²) in [5.74, 6) is 1.42. The summed E-state index contributed by atoms with van der Waals surface area (Å²) >= 11 is 5.65. The third-order valence-electron chi connectivity index (χ3n) is 6.53. The number of benzene rings is 2. The van der Waals surface area contributed by atoms with Crippen molar-refractivity contribution in [3.8, 4) is 23.0 Å². The summed E-state index contributed by atoms with van der Waals surface area (Å²) < 4.78 is 45.3. The van der Waals surface area contributed by atoms with Crippen LogP contribution in [0.5, 0.6) is 11.5 Å². The quantitative estimate of drug-likeness (QED) is 0.225. The summed E-state index contributed by atoms with van der Waals surface area (Å²) in [5, 5.41) is 2.08. The van der Waals surface area contributed by atoms with E-state index >= 15 is 0 Å². The zero-order valence-electron chi connectivity index (χ0n) is 21.5. The molecule has 1 aliphatic rings. The lowest BCUT2D eigenvalue weighted by atomic mass is 10.1. The van der Waals surface area contributed by atoms with Crippen LogP contribution in [0.2, 0.25) is 5.02 Å².